The molecule has 4 fully saturated rings. The summed E-state index contributed by atoms with van der Waals surface area (Å²) in [6, 6.07) is 1.61. The quantitative estimate of drug-likeness (QED) is 0.313. The van der Waals surface area contributed by atoms with E-state index in [1.807, 2.05) is 12.2 Å². The van der Waals surface area contributed by atoms with Gasteiger partial charge in [0.05, 0.1) is 22.5 Å². The third-order valence-corrected chi connectivity index (χ3v) is 15.4. The first-order valence-electron chi connectivity index (χ1n) is 20.5. The minimum absolute atomic E-state index is 0.0392. The first kappa shape index (κ1) is 41.1. The number of carbonyl (C=O) groups excluding carboxylic acids is 4. The molecule has 0 radical (unpaired) electrons. The molecule has 1 aromatic heterocycles. The Balaban J connectivity index is 1.14. The van der Waals surface area contributed by atoms with Gasteiger partial charge in [-0.25, -0.2) is 18.2 Å². The van der Waals surface area contributed by atoms with E-state index in [2.05, 4.69) is 25.1 Å². The first-order valence-corrected chi connectivity index (χ1v) is 22.0. The Labute approximate surface area is 340 Å². The van der Waals surface area contributed by atoms with Gasteiger partial charge in [-0.05, 0) is 110 Å². The number of benzene rings is 1. The second kappa shape index (κ2) is 14.5. The number of nitrogens with one attached hydrogen (secondary N) is 3. The Morgan fingerprint density at radius 3 is 2.47 bits per heavy atom. The van der Waals surface area contributed by atoms with Crippen molar-refractivity contribution in [3.63, 3.8) is 0 Å². The number of carbonyl (C=O) groups is 4. The molecule has 1 aromatic carbocycles. The number of hydrogen-bond acceptors (Lipinski definition) is 10. The number of halogens is 3. The van der Waals surface area contributed by atoms with E-state index in [0.717, 1.165) is 12.8 Å². The highest BCUT2D eigenvalue weighted by Crippen LogP contribution is 2.48. The van der Waals surface area contributed by atoms with E-state index in [1.54, 1.807) is 20.8 Å². The molecule has 4 amide bonds. The van der Waals surface area contributed by atoms with Crippen molar-refractivity contribution in [1.29, 1.82) is 0 Å². The van der Waals surface area contributed by atoms with E-state index in [1.165, 1.54) is 23.1 Å². The molecule has 6 aliphatic rings. The van der Waals surface area contributed by atoms with Crippen molar-refractivity contribution in [3.8, 4) is 11.5 Å². The van der Waals surface area contributed by atoms with Crippen molar-refractivity contribution in [3.05, 3.63) is 41.6 Å². The molecule has 0 bridgehead atoms. The molecule has 3 aliphatic heterocycles. The molecule has 1 spiro atoms. The Bertz CT molecular complexity index is 2230. The zero-order valence-electron chi connectivity index (χ0n) is 33.3. The molecule has 5 unspecified atom stereocenters. The number of amides is 4. The summed E-state index contributed by atoms with van der Waals surface area (Å²) < 4.78 is 83.9. The molecule has 3 N–H and O–H groups in total. The van der Waals surface area contributed by atoms with Gasteiger partial charge in [0.25, 0.3) is 5.91 Å². The standard InChI is InChI=1S/C41H50F3N5O9S/c1-24-32-27(28-21-26(56-41(42,43)44)11-12-29(28)45-24)14-15-39(57-32)22-31-33(50)47-40(35(52)48-59(54,55)38(3)19-20-38)16-13-25(40)9-7-5-4-6-8-10-30(34(51)49(31)23-39)46-36(53)58-37(2)17-18-37/h7,9,11-12,21,25,30-31H,4-6,8,10,13-20,22-23H2,1-3H3,(H,46,53)(H,47,50)(H,48,52). The highest BCUT2D eigenvalue weighted by Gasteiger charge is 2.60. The van der Waals surface area contributed by atoms with Gasteiger partial charge in [0.1, 0.15) is 40.3 Å². The number of sulfonamides is 1. The fourth-order valence-electron chi connectivity index (χ4n) is 8.91. The summed E-state index contributed by atoms with van der Waals surface area (Å²) in [5.74, 6) is -2.68. The summed E-state index contributed by atoms with van der Waals surface area (Å²) in [7, 11) is -4.06. The van der Waals surface area contributed by atoms with Crippen LogP contribution in [0.3, 0.4) is 0 Å². The second-order valence-electron chi connectivity index (χ2n) is 17.8. The van der Waals surface area contributed by atoms with Crippen molar-refractivity contribution in [1.82, 2.24) is 25.2 Å². The molecule has 320 valence electrons. The highest BCUT2D eigenvalue weighted by atomic mass is 32.2. The Morgan fingerprint density at radius 2 is 1.80 bits per heavy atom. The highest BCUT2D eigenvalue weighted by molar-refractivity contribution is 7.91. The van der Waals surface area contributed by atoms with Gasteiger partial charge in [-0.3, -0.25) is 19.1 Å². The largest absolute Gasteiger partial charge is 0.573 e. The smallest absolute Gasteiger partial charge is 0.483 e. The molecule has 4 heterocycles. The molecule has 1 saturated heterocycles. The molecular weight excluding hydrogens is 796 g/mol. The minimum Gasteiger partial charge on any atom is -0.483 e. The van der Waals surface area contributed by atoms with Gasteiger partial charge in [-0.1, -0.05) is 25.0 Å². The zero-order valence-corrected chi connectivity index (χ0v) is 34.2. The maximum Gasteiger partial charge on any atom is 0.573 e. The number of aromatic nitrogens is 1. The zero-order chi connectivity index (χ0) is 42.2. The van der Waals surface area contributed by atoms with Crippen LogP contribution in [0.2, 0.25) is 0 Å². The number of hydrogen-bond donors (Lipinski definition) is 3. The van der Waals surface area contributed by atoms with Crippen LogP contribution in [0, 0.1) is 12.8 Å². The minimum atomic E-state index is -4.91. The number of ether oxygens (including phenoxy) is 3. The molecule has 5 atom stereocenters. The van der Waals surface area contributed by atoms with Crippen LogP contribution in [-0.2, 0) is 35.6 Å². The Kier molecular flexibility index (Phi) is 10.1. The lowest BCUT2D eigenvalue weighted by Crippen LogP contribution is -2.70. The van der Waals surface area contributed by atoms with E-state index >= 15 is 0 Å². The number of allylic oxidation sites excluding steroid dienone is 1. The second-order valence-corrected chi connectivity index (χ2v) is 20.0. The van der Waals surface area contributed by atoms with Gasteiger partial charge in [0.2, 0.25) is 21.8 Å². The van der Waals surface area contributed by atoms with Crippen LogP contribution in [0.4, 0.5) is 18.0 Å². The molecule has 3 aliphatic carbocycles. The van der Waals surface area contributed by atoms with Crippen molar-refractivity contribution < 1.29 is 55.0 Å². The molecule has 8 rings (SSSR count). The molecule has 2 aromatic rings. The van der Waals surface area contributed by atoms with Gasteiger partial charge >= 0.3 is 12.5 Å². The van der Waals surface area contributed by atoms with Crippen molar-refractivity contribution in [2.24, 2.45) is 5.92 Å². The summed E-state index contributed by atoms with van der Waals surface area (Å²) in [4.78, 5) is 62.9. The van der Waals surface area contributed by atoms with Crippen molar-refractivity contribution in [2.75, 3.05) is 6.54 Å². The van der Waals surface area contributed by atoms with Gasteiger partial charge in [0.15, 0.2) is 0 Å². The number of aryl methyl sites for hydroxylation is 2. The molecule has 3 saturated carbocycles. The maximum absolute atomic E-state index is 14.8. The van der Waals surface area contributed by atoms with E-state index in [-0.39, 0.29) is 32.2 Å². The predicted octanol–water partition coefficient (Wildman–Crippen LogP) is 5.54. The van der Waals surface area contributed by atoms with Crippen molar-refractivity contribution in [2.45, 2.75) is 151 Å². The number of alkyl carbamates (subject to hydrolysis) is 1. The third kappa shape index (κ3) is 8.04. The maximum atomic E-state index is 14.8. The summed E-state index contributed by atoms with van der Waals surface area (Å²) in [6.45, 7) is 4.98. The Morgan fingerprint density at radius 1 is 1.03 bits per heavy atom. The molecular formula is C41H50F3N5O9S. The fraction of sp³-hybridized carbons (Fsp3) is 0.634. The van der Waals surface area contributed by atoms with Crippen LogP contribution < -0.4 is 24.8 Å². The molecule has 59 heavy (non-hydrogen) atoms. The number of pyridine rings is 1. The lowest BCUT2D eigenvalue weighted by atomic mass is 9.65. The van der Waals surface area contributed by atoms with E-state index in [9.17, 15) is 40.8 Å². The normalized spacial score (nSPS) is 29.9. The van der Waals surface area contributed by atoms with Crippen LogP contribution in [0.5, 0.6) is 11.5 Å². The van der Waals surface area contributed by atoms with Crippen LogP contribution in [0.25, 0.3) is 10.9 Å². The van der Waals surface area contributed by atoms with Crippen LogP contribution in [0.15, 0.2) is 30.4 Å². The van der Waals surface area contributed by atoms with Crippen LogP contribution in [-0.4, -0.2) is 88.6 Å². The number of alkyl halides is 3. The average molecular weight is 846 g/mol. The van der Waals surface area contributed by atoms with Gasteiger partial charge < -0.3 is 29.7 Å². The Hall–Kier alpha value is -4.61. The lowest BCUT2D eigenvalue weighted by Gasteiger charge is -2.48. The summed E-state index contributed by atoms with van der Waals surface area (Å²) in [5.41, 5.74) is -1.91. The molecule has 14 nitrogen and oxygen atoms in total. The fourth-order valence-corrected chi connectivity index (χ4v) is 10.2. The van der Waals surface area contributed by atoms with Crippen LogP contribution in [0.1, 0.15) is 109 Å². The number of nitrogens with zero attached hydrogens (tertiary/aromatic N) is 2. The van der Waals surface area contributed by atoms with E-state index in [0.29, 0.717) is 79.3 Å². The van der Waals surface area contributed by atoms with E-state index < -0.39 is 85.4 Å². The summed E-state index contributed by atoms with van der Waals surface area (Å²) >= 11 is 0. The van der Waals surface area contributed by atoms with Gasteiger partial charge in [-0.2, -0.15) is 0 Å². The number of fused-ring (bicyclic) bond motifs is 5. The van der Waals surface area contributed by atoms with Gasteiger partial charge in [-0.15, -0.1) is 13.2 Å². The summed E-state index contributed by atoms with van der Waals surface area (Å²) in [5, 5.41) is 6.11. The van der Waals surface area contributed by atoms with Gasteiger partial charge in [0, 0.05) is 23.3 Å². The monoisotopic (exact) mass is 845 g/mol. The summed E-state index contributed by atoms with van der Waals surface area (Å²) in [6.07, 6.45) is 4.48. The number of rotatable bonds is 6. The van der Waals surface area contributed by atoms with Crippen LogP contribution >= 0.6 is 0 Å². The lowest BCUT2D eigenvalue weighted by molar-refractivity contribution is -0.274. The average Bonchev–Trinajstić information content (AvgIpc) is 4.05. The first-order chi connectivity index (χ1) is 27.7. The predicted molar refractivity (Wildman–Crippen MR) is 207 cm³/mol. The third-order valence-electron chi connectivity index (χ3n) is 13.2. The topological polar surface area (TPSA) is 182 Å². The molecule has 18 heteroatoms. The SMILES string of the molecule is Cc1nc2ccc(OC(F)(F)F)cc2c2c1OC1(CC2)CC2C(=O)NC3(C(=O)NS(=O)(=O)C4(C)CC4)CCC3C=CCCCCCC(NC(=O)OC3(C)CC3)C(=O)N2C1. The van der Waals surface area contributed by atoms with E-state index in [4.69, 9.17) is 9.47 Å². The van der Waals surface area contributed by atoms with Crippen molar-refractivity contribution >= 4 is 44.7 Å².